The molecule has 0 saturated heterocycles. The van der Waals surface area contributed by atoms with Crippen molar-refractivity contribution < 1.29 is 23.5 Å². The average molecular weight is 429 g/mol. The number of carbonyl (C=O) groups is 2. The normalized spacial score (nSPS) is 11.7. The van der Waals surface area contributed by atoms with Crippen LogP contribution in [0.25, 0.3) is 11.0 Å². The van der Waals surface area contributed by atoms with E-state index in [1.165, 1.54) is 14.0 Å². The molecule has 0 aliphatic rings. The molecule has 0 aliphatic carbocycles. The zero-order valence-electron chi connectivity index (χ0n) is 17.8. The van der Waals surface area contributed by atoms with E-state index in [0.29, 0.717) is 22.8 Å². The fourth-order valence-electron chi connectivity index (χ4n) is 3.46. The zero-order chi connectivity index (χ0) is 22.5. The lowest BCUT2D eigenvalue weighted by Gasteiger charge is -2.18. The van der Waals surface area contributed by atoms with Gasteiger partial charge in [0.05, 0.1) is 7.11 Å². The summed E-state index contributed by atoms with van der Waals surface area (Å²) in [5, 5.41) is 3.96. The van der Waals surface area contributed by atoms with Crippen LogP contribution in [-0.4, -0.2) is 25.4 Å². The van der Waals surface area contributed by atoms with Gasteiger partial charge >= 0.3 is 0 Å². The molecule has 1 aromatic heterocycles. The number of rotatable bonds is 8. The zero-order valence-corrected chi connectivity index (χ0v) is 17.8. The minimum Gasteiger partial charge on any atom is -0.493 e. The predicted molar refractivity (Wildman–Crippen MR) is 121 cm³/mol. The van der Waals surface area contributed by atoms with Crippen molar-refractivity contribution in [2.45, 2.75) is 13.0 Å². The van der Waals surface area contributed by atoms with Crippen molar-refractivity contribution in [2.24, 2.45) is 0 Å². The van der Waals surface area contributed by atoms with E-state index >= 15 is 0 Å². The molecule has 4 aromatic rings. The van der Waals surface area contributed by atoms with Gasteiger partial charge in [-0.25, -0.2) is 0 Å². The lowest BCUT2D eigenvalue weighted by atomic mass is 10.0. The monoisotopic (exact) mass is 429 g/mol. The fourth-order valence-corrected chi connectivity index (χ4v) is 3.46. The number of furan rings is 1. The number of carbonyl (C=O) groups excluding carboxylic acids is 2. The SMILES string of the molecule is COc1cc(C(C)=O)ccc1OCC(=O)NC(c1ccccc1)c1cc2ccccc2o1. The summed E-state index contributed by atoms with van der Waals surface area (Å²) in [5.41, 5.74) is 2.15. The molecule has 0 fully saturated rings. The largest absolute Gasteiger partial charge is 0.493 e. The van der Waals surface area contributed by atoms with E-state index in [1.807, 2.05) is 60.7 Å². The quantitative estimate of drug-likeness (QED) is 0.402. The van der Waals surface area contributed by atoms with Gasteiger partial charge in [-0.15, -0.1) is 0 Å². The van der Waals surface area contributed by atoms with E-state index < -0.39 is 6.04 Å². The van der Waals surface area contributed by atoms with Gasteiger partial charge in [-0.2, -0.15) is 0 Å². The van der Waals surface area contributed by atoms with Gasteiger partial charge in [0.1, 0.15) is 17.4 Å². The minimum atomic E-state index is -0.471. The van der Waals surface area contributed by atoms with Gasteiger partial charge in [0.25, 0.3) is 5.91 Å². The summed E-state index contributed by atoms with van der Waals surface area (Å²) < 4.78 is 17.0. The Balaban J connectivity index is 1.53. The van der Waals surface area contributed by atoms with Gasteiger partial charge in [0.2, 0.25) is 0 Å². The van der Waals surface area contributed by atoms with Crippen LogP contribution in [0.2, 0.25) is 0 Å². The number of hydrogen-bond acceptors (Lipinski definition) is 5. The molecule has 1 unspecified atom stereocenters. The Bertz CT molecular complexity index is 1210. The molecule has 0 radical (unpaired) electrons. The molecule has 3 aromatic carbocycles. The van der Waals surface area contributed by atoms with Crippen molar-refractivity contribution in [3.05, 3.63) is 95.7 Å². The average Bonchev–Trinajstić information content (AvgIpc) is 3.25. The molecular weight excluding hydrogens is 406 g/mol. The summed E-state index contributed by atoms with van der Waals surface area (Å²) in [6, 6.07) is 23.6. The molecule has 0 saturated carbocycles. The topological polar surface area (TPSA) is 77.8 Å². The number of para-hydroxylation sites is 1. The molecule has 0 spiro atoms. The van der Waals surface area contributed by atoms with Crippen molar-refractivity contribution in [3.8, 4) is 11.5 Å². The van der Waals surface area contributed by atoms with E-state index in [-0.39, 0.29) is 18.3 Å². The number of Topliss-reactive ketones (excluding diaryl/α,β-unsaturated/α-hetero) is 1. The molecule has 1 heterocycles. The van der Waals surface area contributed by atoms with Gasteiger partial charge < -0.3 is 19.2 Å². The first-order valence-corrected chi connectivity index (χ1v) is 10.2. The molecule has 4 rings (SSSR count). The minimum absolute atomic E-state index is 0.0795. The second-order valence-electron chi connectivity index (χ2n) is 7.31. The van der Waals surface area contributed by atoms with E-state index in [2.05, 4.69) is 5.32 Å². The maximum Gasteiger partial charge on any atom is 0.258 e. The summed E-state index contributed by atoms with van der Waals surface area (Å²) >= 11 is 0. The van der Waals surface area contributed by atoms with E-state index in [9.17, 15) is 9.59 Å². The number of methoxy groups -OCH3 is 1. The number of benzene rings is 3. The molecule has 32 heavy (non-hydrogen) atoms. The summed E-state index contributed by atoms with van der Waals surface area (Å²) in [7, 11) is 1.49. The number of hydrogen-bond donors (Lipinski definition) is 1. The number of amides is 1. The van der Waals surface area contributed by atoms with Crippen molar-refractivity contribution in [1.82, 2.24) is 5.32 Å². The molecule has 1 N–H and O–H groups in total. The Labute approximate surface area is 185 Å². The van der Waals surface area contributed by atoms with Crippen LogP contribution in [0.4, 0.5) is 0 Å². The van der Waals surface area contributed by atoms with E-state index in [1.54, 1.807) is 18.2 Å². The molecule has 1 amide bonds. The Morgan fingerprint density at radius 1 is 0.938 bits per heavy atom. The number of fused-ring (bicyclic) bond motifs is 1. The maximum atomic E-state index is 12.8. The number of ketones is 1. The lowest BCUT2D eigenvalue weighted by molar-refractivity contribution is -0.123. The first-order valence-electron chi connectivity index (χ1n) is 10.2. The van der Waals surface area contributed by atoms with Crippen LogP contribution in [-0.2, 0) is 4.79 Å². The van der Waals surface area contributed by atoms with Crippen LogP contribution in [0.1, 0.15) is 34.6 Å². The standard InChI is InChI=1S/C26H23NO5/c1-17(28)19-12-13-22(23(14-19)30-2)31-16-25(29)27-26(18-8-4-3-5-9-18)24-15-20-10-6-7-11-21(20)32-24/h3-15,26H,16H2,1-2H3,(H,27,29). The van der Waals surface area contributed by atoms with Crippen LogP contribution in [0.5, 0.6) is 11.5 Å². The van der Waals surface area contributed by atoms with Crippen molar-refractivity contribution in [3.63, 3.8) is 0 Å². The lowest BCUT2D eigenvalue weighted by Crippen LogP contribution is -2.33. The Morgan fingerprint density at radius 2 is 1.69 bits per heavy atom. The van der Waals surface area contributed by atoms with Crippen molar-refractivity contribution in [1.29, 1.82) is 0 Å². The van der Waals surface area contributed by atoms with Crippen LogP contribution < -0.4 is 14.8 Å². The van der Waals surface area contributed by atoms with Crippen molar-refractivity contribution >= 4 is 22.7 Å². The Morgan fingerprint density at radius 3 is 2.41 bits per heavy atom. The van der Waals surface area contributed by atoms with Gasteiger partial charge in [-0.3, -0.25) is 9.59 Å². The highest BCUT2D eigenvalue weighted by atomic mass is 16.5. The highest BCUT2D eigenvalue weighted by molar-refractivity contribution is 5.94. The van der Waals surface area contributed by atoms with Crippen LogP contribution >= 0.6 is 0 Å². The molecule has 6 nitrogen and oxygen atoms in total. The molecule has 162 valence electrons. The number of ether oxygens (including phenoxy) is 2. The fraction of sp³-hybridized carbons (Fsp3) is 0.154. The predicted octanol–water partition coefficient (Wildman–Crippen LogP) is 4.93. The Kier molecular flexibility index (Phi) is 6.22. The van der Waals surface area contributed by atoms with Crippen LogP contribution in [0.15, 0.2) is 83.3 Å². The second-order valence-corrected chi connectivity index (χ2v) is 7.31. The highest BCUT2D eigenvalue weighted by Gasteiger charge is 2.21. The first kappa shape index (κ1) is 21.2. The van der Waals surface area contributed by atoms with Crippen LogP contribution in [0, 0.1) is 0 Å². The Hall–Kier alpha value is -4.06. The van der Waals surface area contributed by atoms with Gasteiger partial charge in [0, 0.05) is 10.9 Å². The van der Waals surface area contributed by atoms with Gasteiger partial charge in [-0.05, 0) is 42.8 Å². The summed E-state index contributed by atoms with van der Waals surface area (Å²) in [4.78, 5) is 24.4. The third-order valence-corrected chi connectivity index (χ3v) is 5.10. The molecule has 6 heteroatoms. The van der Waals surface area contributed by atoms with E-state index in [4.69, 9.17) is 13.9 Å². The maximum absolute atomic E-state index is 12.8. The van der Waals surface area contributed by atoms with E-state index in [0.717, 1.165) is 16.5 Å². The van der Waals surface area contributed by atoms with Gasteiger partial charge in [0.15, 0.2) is 23.9 Å². The van der Waals surface area contributed by atoms with Crippen molar-refractivity contribution in [2.75, 3.05) is 13.7 Å². The molecule has 0 aliphatic heterocycles. The second kappa shape index (κ2) is 9.39. The third kappa shape index (κ3) is 4.64. The summed E-state index contributed by atoms with van der Waals surface area (Å²) in [6.45, 7) is 1.25. The third-order valence-electron chi connectivity index (χ3n) is 5.10. The molecule has 1 atom stereocenters. The smallest absolute Gasteiger partial charge is 0.258 e. The van der Waals surface area contributed by atoms with Crippen LogP contribution in [0.3, 0.4) is 0 Å². The highest BCUT2D eigenvalue weighted by Crippen LogP contribution is 2.30. The summed E-state index contributed by atoms with van der Waals surface area (Å²) in [6.07, 6.45) is 0. The van der Waals surface area contributed by atoms with Gasteiger partial charge in [-0.1, -0.05) is 48.5 Å². The molecule has 0 bridgehead atoms. The number of nitrogens with one attached hydrogen (secondary N) is 1. The summed E-state index contributed by atoms with van der Waals surface area (Å²) in [5.74, 6) is 1.00. The first-order chi connectivity index (χ1) is 15.5. The molecular formula is C26H23NO5.